The maximum atomic E-state index is 13.3. The molecule has 0 bridgehead atoms. The van der Waals surface area contributed by atoms with E-state index in [0.717, 1.165) is 0 Å². The molecule has 188 valence electrons. The molecule has 0 radical (unpaired) electrons. The molecule has 0 saturated heterocycles. The molecule has 3 heterocycles. The van der Waals surface area contributed by atoms with Crippen LogP contribution >= 0.6 is 0 Å². The lowest BCUT2D eigenvalue weighted by Crippen LogP contribution is -2.25. The minimum absolute atomic E-state index is 0.0604. The normalized spacial score (nSPS) is 16.5. The lowest BCUT2D eigenvalue weighted by atomic mass is 10.0. The molecule has 2 atom stereocenters. The Morgan fingerprint density at radius 1 is 1.08 bits per heavy atom. The highest BCUT2D eigenvalue weighted by atomic mass is 19.1. The molecule has 4 aromatic rings. The van der Waals surface area contributed by atoms with E-state index in [1.807, 2.05) is 0 Å². The van der Waals surface area contributed by atoms with Crippen LogP contribution in [0.5, 0.6) is 17.2 Å². The quantitative estimate of drug-likeness (QED) is 0.337. The molecule has 1 aliphatic heterocycles. The summed E-state index contributed by atoms with van der Waals surface area (Å²) in [7, 11) is 0. The Balaban J connectivity index is 1.30. The molecule has 9 heteroatoms. The van der Waals surface area contributed by atoms with Gasteiger partial charge in [0.25, 0.3) is 5.91 Å². The van der Waals surface area contributed by atoms with Gasteiger partial charge in [0, 0.05) is 47.9 Å². The Labute approximate surface area is 212 Å². The van der Waals surface area contributed by atoms with E-state index in [-0.39, 0.29) is 17.2 Å². The highest BCUT2D eigenvalue weighted by molar-refractivity contribution is 6.04. The number of halogens is 1. The monoisotopic (exact) mass is 500 g/mol. The van der Waals surface area contributed by atoms with Gasteiger partial charge in [0.2, 0.25) is 11.2 Å². The second kappa shape index (κ2) is 10.1. The Hall–Kier alpha value is -4.66. The number of fused-ring (bicyclic) bond motifs is 1. The number of nitrogens with zero attached hydrogens (tertiary/aromatic N) is 1. The number of carbonyl (C=O) groups is 1. The first kappa shape index (κ1) is 24.1. The van der Waals surface area contributed by atoms with Gasteiger partial charge in [-0.05, 0) is 48.9 Å². The van der Waals surface area contributed by atoms with Gasteiger partial charge in [-0.15, -0.1) is 0 Å². The van der Waals surface area contributed by atoms with E-state index in [0.29, 0.717) is 46.8 Å². The van der Waals surface area contributed by atoms with Crippen LogP contribution in [0.25, 0.3) is 11.1 Å². The molecule has 1 amide bonds. The summed E-state index contributed by atoms with van der Waals surface area (Å²) in [5, 5.41) is 6.08. The second-order valence-corrected chi connectivity index (χ2v) is 8.91. The Kier molecular flexibility index (Phi) is 6.59. The number of rotatable bonds is 5. The van der Waals surface area contributed by atoms with Gasteiger partial charge < -0.3 is 25.1 Å². The van der Waals surface area contributed by atoms with E-state index in [4.69, 9.17) is 9.47 Å². The van der Waals surface area contributed by atoms with E-state index in [1.165, 1.54) is 36.7 Å². The molecule has 3 N–H and O–H groups in total. The van der Waals surface area contributed by atoms with E-state index in [1.54, 1.807) is 36.5 Å². The number of carbonyl (C=O) groups excluding carboxylic acids is 1. The van der Waals surface area contributed by atoms with Crippen molar-refractivity contribution in [1.82, 2.24) is 9.97 Å². The lowest BCUT2D eigenvalue weighted by molar-refractivity contribution is 0.102. The maximum Gasteiger partial charge on any atom is 0.261 e. The predicted octanol–water partition coefficient (Wildman–Crippen LogP) is 5.45. The number of aromatic amines is 1. The number of amides is 1. The molecular formula is C28H25FN4O4. The number of benzene rings is 2. The average molecular weight is 501 g/mol. The van der Waals surface area contributed by atoms with Crippen molar-refractivity contribution in [3.8, 4) is 28.4 Å². The first-order chi connectivity index (χ1) is 17.9. The van der Waals surface area contributed by atoms with Crippen LogP contribution in [0.3, 0.4) is 0 Å². The van der Waals surface area contributed by atoms with Gasteiger partial charge >= 0.3 is 0 Å². The highest BCUT2D eigenvalue weighted by Gasteiger charge is 2.23. The summed E-state index contributed by atoms with van der Waals surface area (Å²) in [5.41, 5.74) is 0.746. The molecule has 0 fully saturated rings. The number of hydrogen-bond acceptors (Lipinski definition) is 6. The third kappa shape index (κ3) is 5.16. The van der Waals surface area contributed by atoms with Crippen LogP contribution < -0.4 is 25.5 Å². The number of hydrogen-bond donors (Lipinski definition) is 3. The Morgan fingerprint density at radius 2 is 1.84 bits per heavy atom. The summed E-state index contributed by atoms with van der Waals surface area (Å²) in [6.07, 6.45) is 4.48. The SMILES string of the molecule is CC1COc2c(Oc3ccc(NC(=O)c4c[nH]cc(-c5ccc(F)cc5)c4=O)cc3)ccnc2NC1C. The van der Waals surface area contributed by atoms with Gasteiger partial charge in [-0.1, -0.05) is 19.1 Å². The molecule has 2 aromatic carbocycles. The van der Waals surface area contributed by atoms with Gasteiger partial charge in [-0.3, -0.25) is 9.59 Å². The zero-order valence-electron chi connectivity index (χ0n) is 20.2. The summed E-state index contributed by atoms with van der Waals surface area (Å²) in [6.45, 7) is 4.72. The van der Waals surface area contributed by atoms with E-state index in [2.05, 4.69) is 34.4 Å². The average Bonchev–Trinajstić information content (AvgIpc) is 3.04. The molecule has 37 heavy (non-hydrogen) atoms. The van der Waals surface area contributed by atoms with Crippen LogP contribution in [-0.4, -0.2) is 28.5 Å². The molecular weight excluding hydrogens is 475 g/mol. The summed E-state index contributed by atoms with van der Waals surface area (Å²) < 4.78 is 25.3. The predicted molar refractivity (Wildman–Crippen MR) is 139 cm³/mol. The summed E-state index contributed by atoms with van der Waals surface area (Å²) in [6, 6.07) is 14.2. The van der Waals surface area contributed by atoms with Crippen LogP contribution in [0.2, 0.25) is 0 Å². The van der Waals surface area contributed by atoms with Gasteiger partial charge in [-0.25, -0.2) is 9.37 Å². The van der Waals surface area contributed by atoms with E-state index in [9.17, 15) is 14.0 Å². The zero-order valence-corrected chi connectivity index (χ0v) is 20.2. The fourth-order valence-electron chi connectivity index (χ4n) is 3.90. The van der Waals surface area contributed by atoms with Crippen molar-refractivity contribution in [3.63, 3.8) is 0 Å². The van der Waals surface area contributed by atoms with Crippen LogP contribution in [0, 0.1) is 11.7 Å². The van der Waals surface area contributed by atoms with Crippen LogP contribution in [0.1, 0.15) is 24.2 Å². The first-order valence-corrected chi connectivity index (χ1v) is 11.8. The second-order valence-electron chi connectivity index (χ2n) is 8.91. The first-order valence-electron chi connectivity index (χ1n) is 11.8. The van der Waals surface area contributed by atoms with Gasteiger partial charge in [0.05, 0.1) is 6.61 Å². The fraction of sp³-hybridized carbons (Fsp3) is 0.179. The van der Waals surface area contributed by atoms with Gasteiger partial charge in [0.1, 0.15) is 17.1 Å². The standard InChI is InChI=1S/C28H25FN4O4/c1-16-15-36-26-24(11-12-31-27(26)32-17(16)2)37-21-9-7-20(8-10-21)33-28(35)23-14-30-13-22(25(23)34)18-3-5-19(29)6-4-18/h3-14,16-17H,15H2,1-2H3,(H,30,34)(H,31,32)(H,33,35). The van der Waals surface area contributed by atoms with Crippen LogP contribution in [0.15, 0.2) is 78.0 Å². The molecule has 2 unspecified atom stereocenters. The zero-order chi connectivity index (χ0) is 25.9. The number of aromatic nitrogens is 2. The smallest absolute Gasteiger partial charge is 0.261 e. The largest absolute Gasteiger partial charge is 0.486 e. The van der Waals surface area contributed by atoms with Crippen LogP contribution in [0.4, 0.5) is 15.9 Å². The molecule has 0 spiro atoms. The maximum absolute atomic E-state index is 13.3. The van der Waals surface area contributed by atoms with Crippen molar-refractivity contribution < 1.29 is 18.7 Å². The lowest BCUT2D eigenvalue weighted by Gasteiger charge is -2.16. The Morgan fingerprint density at radius 3 is 2.59 bits per heavy atom. The van der Waals surface area contributed by atoms with E-state index < -0.39 is 17.2 Å². The number of nitrogens with one attached hydrogen (secondary N) is 3. The highest BCUT2D eigenvalue weighted by Crippen LogP contribution is 2.39. The third-order valence-electron chi connectivity index (χ3n) is 6.26. The number of anilines is 2. The molecule has 1 aliphatic rings. The van der Waals surface area contributed by atoms with Crippen molar-refractivity contribution in [2.75, 3.05) is 17.2 Å². The number of pyridine rings is 2. The summed E-state index contributed by atoms with van der Waals surface area (Å²) in [4.78, 5) is 32.9. The topological polar surface area (TPSA) is 105 Å². The molecule has 0 saturated carbocycles. The van der Waals surface area contributed by atoms with Gasteiger partial charge in [0.15, 0.2) is 11.6 Å². The minimum atomic E-state index is -0.568. The van der Waals surface area contributed by atoms with Crippen molar-refractivity contribution >= 4 is 17.4 Å². The van der Waals surface area contributed by atoms with E-state index >= 15 is 0 Å². The number of ether oxygens (including phenoxy) is 2. The molecule has 5 rings (SSSR count). The Bertz CT molecular complexity index is 1490. The molecule has 0 aliphatic carbocycles. The molecule has 8 nitrogen and oxygen atoms in total. The van der Waals surface area contributed by atoms with Crippen molar-refractivity contribution in [1.29, 1.82) is 0 Å². The third-order valence-corrected chi connectivity index (χ3v) is 6.26. The van der Waals surface area contributed by atoms with Crippen molar-refractivity contribution in [2.45, 2.75) is 19.9 Å². The van der Waals surface area contributed by atoms with Crippen molar-refractivity contribution in [2.24, 2.45) is 5.92 Å². The van der Waals surface area contributed by atoms with Crippen molar-refractivity contribution in [3.05, 3.63) is 94.8 Å². The fourth-order valence-corrected chi connectivity index (χ4v) is 3.90. The molecule has 2 aromatic heterocycles. The van der Waals surface area contributed by atoms with Crippen LogP contribution in [-0.2, 0) is 0 Å². The summed E-state index contributed by atoms with van der Waals surface area (Å²) >= 11 is 0. The minimum Gasteiger partial charge on any atom is -0.486 e. The number of H-pyrrole nitrogens is 1. The summed E-state index contributed by atoms with van der Waals surface area (Å²) in [5.74, 6) is 1.57. The van der Waals surface area contributed by atoms with Gasteiger partial charge in [-0.2, -0.15) is 0 Å².